The van der Waals surface area contributed by atoms with Gasteiger partial charge in [-0.2, -0.15) is 0 Å². The summed E-state index contributed by atoms with van der Waals surface area (Å²) in [6.45, 7) is 4.29. The fourth-order valence-electron chi connectivity index (χ4n) is 3.83. The van der Waals surface area contributed by atoms with E-state index in [2.05, 4.69) is 13.8 Å². The number of para-hydroxylation sites is 1. The number of primary amides is 1. The van der Waals surface area contributed by atoms with Crippen LogP contribution in [0.15, 0.2) is 30.5 Å². The molecular weight excluding hydrogens is 318 g/mol. The zero-order chi connectivity index (χ0) is 18.1. The highest BCUT2D eigenvalue weighted by Gasteiger charge is 2.29. The molecule has 1 aromatic heterocycles. The molecule has 2 aromatic rings. The molecule has 1 saturated heterocycles. The molecule has 0 radical (unpaired) electrons. The third-order valence-electron chi connectivity index (χ3n) is 5.04. The van der Waals surface area contributed by atoms with E-state index >= 15 is 0 Å². The Morgan fingerprint density at radius 1 is 1.12 bits per heavy atom. The van der Waals surface area contributed by atoms with Crippen LogP contribution in [0.5, 0.6) is 0 Å². The smallest absolute Gasteiger partial charge is 0.289 e. The third-order valence-corrected chi connectivity index (χ3v) is 5.04. The van der Waals surface area contributed by atoms with Crippen LogP contribution in [-0.2, 0) is 16.1 Å². The van der Waals surface area contributed by atoms with E-state index in [4.69, 9.17) is 5.73 Å². The van der Waals surface area contributed by atoms with E-state index in [9.17, 15) is 14.4 Å². The highest BCUT2D eigenvalue weighted by atomic mass is 16.2. The number of Topliss-reactive ketones (excluding diaryl/α,β-unsaturated/α-hetero) is 1. The van der Waals surface area contributed by atoms with E-state index in [0.29, 0.717) is 5.39 Å². The predicted molar refractivity (Wildman–Crippen MR) is 95.1 cm³/mol. The van der Waals surface area contributed by atoms with Crippen molar-refractivity contribution in [2.45, 2.75) is 51.7 Å². The zero-order valence-electron chi connectivity index (χ0n) is 14.6. The Morgan fingerprint density at radius 2 is 1.76 bits per heavy atom. The summed E-state index contributed by atoms with van der Waals surface area (Å²) in [5.74, 6) is -1.70. The molecule has 1 aliphatic rings. The van der Waals surface area contributed by atoms with Gasteiger partial charge in [-0.15, -0.1) is 0 Å². The van der Waals surface area contributed by atoms with Gasteiger partial charge in [-0.05, 0) is 39.2 Å². The van der Waals surface area contributed by atoms with E-state index in [1.165, 1.54) is 0 Å². The summed E-state index contributed by atoms with van der Waals surface area (Å²) in [7, 11) is 0. The number of hydrogen-bond acceptors (Lipinski definition) is 3. The van der Waals surface area contributed by atoms with Gasteiger partial charge in [0.2, 0.25) is 5.91 Å². The second kappa shape index (κ2) is 6.70. The van der Waals surface area contributed by atoms with Crippen molar-refractivity contribution in [3.05, 3.63) is 36.0 Å². The highest BCUT2D eigenvalue weighted by molar-refractivity contribution is 6.44. The van der Waals surface area contributed by atoms with Crippen molar-refractivity contribution >= 4 is 28.5 Å². The summed E-state index contributed by atoms with van der Waals surface area (Å²) in [5.41, 5.74) is 6.14. The minimum Gasteiger partial charge on any atom is -0.363 e. The Morgan fingerprint density at radius 3 is 2.40 bits per heavy atom. The number of rotatable bonds is 4. The second-order valence-electron chi connectivity index (χ2n) is 6.81. The maximum atomic E-state index is 12.9. The van der Waals surface area contributed by atoms with E-state index in [1.54, 1.807) is 22.9 Å². The molecule has 6 nitrogen and oxygen atoms in total. The van der Waals surface area contributed by atoms with E-state index in [0.717, 1.165) is 24.8 Å². The molecule has 0 unspecified atom stereocenters. The second-order valence-corrected chi connectivity index (χ2v) is 6.81. The van der Waals surface area contributed by atoms with Crippen LogP contribution in [0.25, 0.3) is 10.9 Å². The normalized spacial score (nSPS) is 20.6. The Hall–Kier alpha value is -2.63. The molecule has 0 aliphatic carbocycles. The molecule has 2 atom stereocenters. The minimum absolute atomic E-state index is 0.0264. The maximum absolute atomic E-state index is 12.9. The molecule has 1 fully saturated rings. The van der Waals surface area contributed by atoms with Gasteiger partial charge in [-0.1, -0.05) is 18.2 Å². The number of benzene rings is 1. The number of piperidine rings is 1. The van der Waals surface area contributed by atoms with Crippen LogP contribution < -0.4 is 5.73 Å². The minimum atomic E-state index is -0.993. The average molecular weight is 341 g/mol. The summed E-state index contributed by atoms with van der Waals surface area (Å²) in [4.78, 5) is 38.2. The first-order valence-electron chi connectivity index (χ1n) is 8.63. The molecule has 1 aromatic carbocycles. The van der Waals surface area contributed by atoms with Gasteiger partial charge in [0.25, 0.3) is 11.7 Å². The van der Waals surface area contributed by atoms with Crippen LogP contribution >= 0.6 is 0 Å². The molecule has 132 valence electrons. The van der Waals surface area contributed by atoms with Crippen LogP contribution in [0.4, 0.5) is 0 Å². The van der Waals surface area contributed by atoms with Crippen molar-refractivity contribution < 1.29 is 14.4 Å². The molecule has 2 heterocycles. The first kappa shape index (κ1) is 17.2. The predicted octanol–water partition coefficient (Wildman–Crippen LogP) is 2.10. The van der Waals surface area contributed by atoms with Gasteiger partial charge in [0.15, 0.2) is 0 Å². The Bertz CT molecular complexity index is 830. The van der Waals surface area contributed by atoms with Crippen molar-refractivity contribution in [1.29, 1.82) is 0 Å². The van der Waals surface area contributed by atoms with Crippen molar-refractivity contribution in [2.75, 3.05) is 0 Å². The van der Waals surface area contributed by atoms with Gasteiger partial charge < -0.3 is 15.2 Å². The number of nitrogens with two attached hydrogens (primary N) is 1. The van der Waals surface area contributed by atoms with Gasteiger partial charge in [-0.25, -0.2) is 0 Å². The van der Waals surface area contributed by atoms with Crippen molar-refractivity contribution in [3.8, 4) is 0 Å². The zero-order valence-corrected chi connectivity index (χ0v) is 14.6. The first-order chi connectivity index (χ1) is 11.9. The summed E-state index contributed by atoms with van der Waals surface area (Å²) >= 11 is 0. The fourth-order valence-corrected chi connectivity index (χ4v) is 3.83. The molecule has 6 heteroatoms. The van der Waals surface area contributed by atoms with E-state index < -0.39 is 11.7 Å². The third kappa shape index (κ3) is 3.16. The topological polar surface area (TPSA) is 85.4 Å². The van der Waals surface area contributed by atoms with E-state index in [1.807, 2.05) is 17.0 Å². The lowest BCUT2D eigenvalue weighted by Crippen LogP contribution is -2.48. The lowest BCUT2D eigenvalue weighted by Gasteiger charge is -2.39. The number of aromatic nitrogens is 1. The molecule has 3 rings (SSSR count). The van der Waals surface area contributed by atoms with E-state index in [-0.39, 0.29) is 30.1 Å². The summed E-state index contributed by atoms with van der Waals surface area (Å²) in [5, 5.41) is 0.638. The number of nitrogens with zero attached hydrogens (tertiary/aromatic N) is 2. The summed E-state index contributed by atoms with van der Waals surface area (Å²) in [6.07, 6.45) is 4.71. The molecule has 25 heavy (non-hydrogen) atoms. The largest absolute Gasteiger partial charge is 0.363 e. The number of likely N-dealkylation sites (tertiary alicyclic amines) is 1. The quantitative estimate of drug-likeness (QED) is 0.682. The SMILES string of the molecule is C[C@@H]1CCC[C@@H](C)N1C(=O)Cn1cc(C(=O)C(N)=O)c2ccccc21. The lowest BCUT2D eigenvalue weighted by molar-refractivity contribution is -0.137. The summed E-state index contributed by atoms with van der Waals surface area (Å²) < 4.78 is 1.74. The Labute approximate surface area is 146 Å². The van der Waals surface area contributed by atoms with Crippen LogP contribution in [0, 0.1) is 0 Å². The first-order valence-corrected chi connectivity index (χ1v) is 8.63. The molecule has 1 aliphatic heterocycles. The Kier molecular flexibility index (Phi) is 4.61. The number of carbonyl (C=O) groups excluding carboxylic acids is 3. The van der Waals surface area contributed by atoms with Gasteiger partial charge in [0, 0.05) is 29.2 Å². The van der Waals surface area contributed by atoms with Crippen LogP contribution in [0.3, 0.4) is 0 Å². The van der Waals surface area contributed by atoms with Gasteiger partial charge in [0.05, 0.1) is 5.56 Å². The number of carbonyl (C=O) groups is 3. The number of hydrogen-bond donors (Lipinski definition) is 1. The van der Waals surface area contributed by atoms with Crippen molar-refractivity contribution in [2.24, 2.45) is 5.73 Å². The van der Waals surface area contributed by atoms with Crippen LogP contribution in [0.1, 0.15) is 43.5 Å². The van der Waals surface area contributed by atoms with Gasteiger partial charge in [0.1, 0.15) is 6.54 Å². The molecule has 0 spiro atoms. The lowest BCUT2D eigenvalue weighted by atomic mass is 9.97. The van der Waals surface area contributed by atoms with Crippen molar-refractivity contribution in [3.63, 3.8) is 0 Å². The monoisotopic (exact) mass is 341 g/mol. The fraction of sp³-hybridized carbons (Fsp3) is 0.421. The molecule has 2 N–H and O–H groups in total. The van der Waals surface area contributed by atoms with Gasteiger partial charge >= 0.3 is 0 Å². The summed E-state index contributed by atoms with van der Waals surface area (Å²) in [6, 6.07) is 7.66. The number of ketones is 1. The number of amides is 2. The average Bonchev–Trinajstić information content (AvgIpc) is 2.92. The van der Waals surface area contributed by atoms with Crippen molar-refractivity contribution in [1.82, 2.24) is 9.47 Å². The number of fused-ring (bicyclic) bond motifs is 1. The van der Waals surface area contributed by atoms with Crippen LogP contribution in [0.2, 0.25) is 0 Å². The molecule has 0 saturated carbocycles. The van der Waals surface area contributed by atoms with Crippen LogP contribution in [-0.4, -0.2) is 39.1 Å². The Balaban J connectivity index is 1.95. The van der Waals surface area contributed by atoms with Gasteiger partial charge in [-0.3, -0.25) is 14.4 Å². The molecule has 2 amide bonds. The highest BCUT2D eigenvalue weighted by Crippen LogP contribution is 2.25. The maximum Gasteiger partial charge on any atom is 0.289 e. The standard InChI is InChI=1S/C19H23N3O3/c1-12-6-5-7-13(2)22(12)17(23)11-21-10-15(18(24)19(20)25)14-8-3-4-9-16(14)21/h3-4,8-10,12-13H,5-7,11H2,1-2H3,(H2,20,25)/t12-,13-/m1/s1. The molecule has 0 bridgehead atoms. The molecular formula is C19H23N3O3.